The van der Waals surface area contributed by atoms with Gasteiger partial charge in [-0.2, -0.15) is 0 Å². The zero-order valence-corrected chi connectivity index (χ0v) is 12.0. The number of nitrogens with zero attached hydrogens (tertiary/aromatic N) is 1. The van der Waals surface area contributed by atoms with E-state index in [-0.39, 0.29) is 5.75 Å². The number of fused-ring (bicyclic) bond motifs is 1. The second-order valence-electron chi connectivity index (χ2n) is 4.70. The molecule has 0 saturated carbocycles. The topological polar surface area (TPSA) is 68.7 Å². The first-order chi connectivity index (χ1) is 10.1. The van der Waals surface area contributed by atoms with Crippen molar-refractivity contribution < 1.29 is 19.4 Å². The summed E-state index contributed by atoms with van der Waals surface area (Å²) in [6, 6.07) is 7.33. The molecule has 5 nitrogen and oxygen atoms in total. The van der Waals surface area contributed by atoms with E-state index < -0.39 is 6.16 Å². The SMILES string of the molecule is Cc1nc(-c2ccc(Cl)cc2)c2c(c1OC(=O)O)COC2. The zero-order chi connectivity index (χ0) is 15.0. The Morgan fingerprint density at radius 2 is 1.95 bits per heavy atom. The molecule has 0 radical (unpaired) electrons. The molecule has 1 N–H and O–H groups in total. The molecule has 1 aliphatic heterocycles. The van der Waals surface area contributed by atoms with E-state index in [4.69, 9.17) is 26.2 Å². The summed E-state index contributed by atoms with van der Waals surface area (Å²) in [6.45, 7) is 2.43. The van der Waals surface area contributed by atoms with Crippen LogP contribution < -0.4 is 4.74 Å². The number of carboxylic acid groups (broad SMARTS) is 1. The van der Waals surface area contributed by atoms with Gasteiger partial charge in [0.05, 0.1) is 24.6 Å². The highest BCUT2D eigenvalue weighted by Gasteiger charge is 2.25. The Balaban J connectivity index is 2.15. The number of benzene rings is 1. The lowest BCUT2D eigenvalue weighted by atomic mass is 10.0. The minimum Gasteiger partial charge on any atom is -0.449 e. The highest BCUT2D eigenvalue weighted by Crippen LogP contribution is 2.37. The minimum absolute atomic E-state index is 0.271. The van der Waals surface area contributed by atoms with Crippen LogP contribution in [0.15, 0.2) is 24.3 Å². The zero-order valence-electron chi connectivity index (χ0n) is 11.2. The van der Waals surface area contributed by atoms with Crippen LogP contribution in [0.4, 0.5) is 4.79 Å². The number of ether oxygens (including phenoxy) is 2. The molecule has 1 aromatic carbocycles. The Hall–Kier alpha value is -2.11. The van der Waals surface area contributed by atoms with E-state index in [1.807, 2.05) is 12.1 Å². The Kier molecular flexibility index (Phi) is 3.53. The summed E-state index contributed by atoms with van der Waals surface area (Å²) in [4.78, 5) is 15.3. The molecule has 0 bridgehead atoms. The molecule has 21 heavy (non-hydrogen) atoms. The van der Waals surface area contributed by atoms with Gasteiger partial charge in [0.1, 0.15) is 0 Å². The number of carbonyl (C=O) groups is 1. The van der Waals surface area contributed by atoms with Gasteiger partial charge >= 0.3 is 6.16 Å². The van der Waals surface area contributed by atoms with Gasteiger partial charge in [-0.05, 0) is 19.1 Å². The van der Waals surface area contributed by atoms with Crippen LogP contribution in [0.2, 0.25) is 5.02 Å². The van der Waals surface area contributed by atoms with E-state index in [1.165, 1.54) is 0 Å². The normalized spacial score (nSPS) is 13.0. The summed E-state index contributed by atoms with van der Waals surface area (Å²) in [5, 5.41) is 9.48. The molecule has 0 fully saturated rings. The van der Waals surface area contributed by atoms with Crippen molar-refractivity contribution in [1.29, 1.82) is 0 Å². The monoisotopic (exact) mass is 305 g/mol. The van der Waals surface area contributed by atoms with Crippen molar-refractivity contribution in [3.05, 3.63) is 46.1 Å². The van der Waals surface area contributed by atoms with Crippen LogP contribution in [0, 0.1) is 6.92 Å². The molecule has 6 heteroatoms. The van der Waals surface area contributed by atoms with E-state index in [0.29, 0.717) is 23.9 Å². The number of aryl methyl sites for hydroxylation is 1. The summed E-state index contributed by atoms with van der Waals surface area (Å²) in [7, 11) is 0. The molecular weight excluding hydrogens is 294 g/mol. The maximum absolute atomic E-state index is 10.8. The quantitative estimate of drug-likeness (QED) is 0.855. The lowest BCUT2D eigenvalue weighted by molar-refractivity contribution is 0.129. The van der Waals surface area contributed by atoms with Crippen LogP contribution in [-0.2, 0) is 18.0 Å². The highest BCUT2D eigenvalue weighted by molar-refractivity contribution is 6.30. The molecule has 1 aromatic heterocycles. The Morgan fingerprint density at radius 3 is 2.62 bits per heavy atom. The van der Waals surface area contributed by atoms with Gasteiger partial charge in [0.2, 0.25) is 0 Å². The maximum atomic E-state index is 10.8. The average molecular weight is 306 g/mol. The fraction of sp³-hybridized carbons (Fsp3) is 0.200. The molecule has 0 atom stereocenters. The van der Waals surface area contributed by atoms with Crippen molar-refractivity contribution in [3.8, 4) is 17.0 Å². The fourth-order valence-electron chi connectivity index (χ4n) is 2.42. The molecule has 0 amide bonds. The molecule has 0 spiro atoms. The summed E-state index contributed by atoms with van der Waals surface area (Å²) >= 11 is 5.90. The van der Waals surface area contributed by atoms with Crippen LogP contribution in [0.1, 0.15) is 16.8 Å². The van der Waals surface area contributed by atoms with Gasteiger partial charge < -0.3 is 14.6 Å². The standard InChI is InChI=1S/C15H12ClNO4/c1-8-14(21-15(18)19)12-7-20-6-11(12)13(17-8)9-2-4-10(16)5-3-9/h2-5H,6-7H2,1H3,(H,18,19). The van der Waals surface area contributed by atoms with E-state index in [2.05, 4.69) is 4.98 Å². The predicted octanol–water partition coefficient (Wildman–Crippen LogP) is 3.80. The summed E-state index contributed by atoms with van der Waals surface area (Å²) in [5.74, 6) is 0.271. The van der Waals surface area contributed by atoms with Crippen molar-refractivity contribution in [2.24, 2.45) is 0 Å². The molecule has 0 unspecified atom stereocenters. The first kappa shape index (κ1) is 13.9. The van der Waals surface area contributed by atoms with Gasteiger partial charge in [-0.1, -0.05) is 23.7 Å². The largest absolute Gasteiger partial charge is 0.511 e. The molecule has 0 aliphatic carbocycles. The van der Waals surface area contributed by atoms with Crippen LogP contribution in [0.25, 0.3) is 11.3 Å². The molecule has 108 valence electrons. The average Bonchev–Trinajstić information content (AvgIpc) is 2.92. The smallest absolute Gasteiger partial charge is 0.449 e. The number of rotatable bonds is 2. The third-order valence-electron chi connectivity index (χ3n) is 3.33. The van der Waals surface area contributed by atoms with Gasteiger partial charge in [-0.15, -0.1) is 0 Å². The fourth-order valence-corrected chi connectivity index (χ4v) is 2.54. The van der Waals surface area contributed by atoms with Crippen LogP contribution >= 0.6 is 11.6 Å². The van der Waals surface area contributed by atoms with Gasteiger partial charge in [0, 0.05) is 21.7 Å². The summed E-state index contributed by atoms with van der Waals surface area (Å²) < 4.78 is 10.3. The number of pyridine rings is 1. The summed E-state index contributed by atoms with van der Waals surface area (Å²) in [6.07, 6.45) is -1.35. The van der Waals surface area contributed by atoms with Crippen molar-refractivity contribution in [2.45, 2.75) is 20.1 Å². The van der Waals surface area contributed by atoms with Crippen molar-refractivity contribution >= 4 is 17.8 Å². The van der Waals surface area contributed by atoms with Crippen molar-refractivity contribution in [3.63, 3.8) is 0 Å². The van der Waals surface area contributed by atoms with Crippen molar-refractivity contribution in [1.82, 2.24) is 4.98 Å². The van der Waals surface area contributed by atoms with E-state index >= 15 is 0 Å². The first-order valence-electron chi connectivity index (χ1n) is 6.33. The van der Waals surface area contributed by atoms with E-state index in [0.717, 1.165) is 22.4 Å². The van der Waals surface area contributed by atoms with Crippen LogP contribution in [0.3, 0.4) is 0 Å². The second-order valence-corrected chi connectivity index (χ2v) is 5.14. The third kappa shape index (κ3) is 2.57. The maximum Gasteiger partial charge on any atom is 0.511 e. The predicted molar refractivity (Wildman–Crippen MR) is 76.6 cm³/mol. The van der Waals surface area contributed by atoms with E-state index in [1.54, 1.807) is 19.1 Å². The van der Waals surface area contributed by atoms with Crippen LogP contribution in [-0.4, -0.2) is 16.2 Å². The Morgan fingerprint density at radius 1 is 1.29 bits per heavy atom. The molecule has 2 aromatic rings. The second kappa shape index (κ2) is 5.35. The van der Waals surface area contributed by atoms with Gasteiger partial charge in [-0.3, -0.25) is 0 Å². The number of hydrogen-bond acceptors (Lipinski definition) is 4. The molecular formula is C15H12ClNO4. The number of aromatic nitrogens is 1. The molecule has 2 heterocycles. The highest BCUT2D eigenvalue weighted by atomic mass is 35.5. The first-order valence-corrected chi connectivity index (χ1v) is 6.71. The number of hydrogen-bond donors (Lipinski definition) is 1. The lowest BCUT2D eigenvalue weighted by Gasteiger charge is -2.13. The summed E-state index contributed by atoms with van der Waals surface area (Å²) in [5.41, 5.74) is 3.81. The lowest BCUT2D eigenvalue weighted by Crippen LogP contribution is -2.09. The third-order valence-corrected chi connectivity index (χ3v) is 3.58. The molecule has 3 rings (SSSR count). The Bertz CT molecular complexity index is 713. The van der Waals surface area contributed by atoms with Gasteiger partial charge in [0.25, 0.3) is 0 Å². The van der Waals surface area contributed by atoms with Gasteiger partial charge in [0.15, 0.2) is 5.75 Å². The van der Waals surface area contributed by atoms with Crippen LogP contribution in [0.5, 0.6) is 5.75 Å². The minimum atomic E-state index is -1.35. The van der Waals surface area contributed by atoms with E-state index in [9.17, 15) is 4.79 Å². The molecule has 1 aliphatic rings. The van der Waals surface area contributed by atoms with Gasteiger partial charge in [-0.25, -0.2) is 9.78 Å². The molecule has 0 saturated heterocycles. The Labute approximate surface area is 126 Å². The number of halogens is 1. The van der Waals surface area contributed by atoms with Crippen molar-refractivity contribution in [2.75, 3.05) is 0 Å².